The van der Waals surface area contributed by atoms with Crippen molar-refractivity contribution in [2.24, 2.45) is 0 Å². The molecule has 2 nitrogen and oxygen atoms in total. The molecule has 0 aliphatic carbocycles. The zero-order chi connectivity index (χ0) is 14.6. The maximum Gasteiger partial charge on any atom is 0.205 e. The van der Waals surface area contributed by atoms with Crippen LogP contribution in [0.5, 0.6) is 0 Å². The minimum Gasteiger partial charge on any atom is -0.479 e. The van der Waals surface area contributed by atoms with Crippen molar-refractivity contribution in [3.05, 3.63) is 35.4 Å². The number of carbonyl (C=O) groups excluding carboxylic acids is 1. The van der Waals surface area contributed by atoms with Gasteiger partial charge in [-0.2, -0.15) is 0 Å². The average Bonchev–Trinajstić information content (AvgIpc) is 2.65. The summed E-state index contributed by atoms with van der Waals surface area (Å²) in [5.74, 6) is 0.786. The quantitative estimate of drug-likeness (QED) is 0.743. The second-order valence-electron chi connectivity index (χ2n) is 4.62. The van der Waals surface area contributed by atoms with Gasteiger partial charge >= 0.3 is 0 Å². The first-order valence-corrected chi connectivity index (χ1v) is 7.77. The Labute approximate surface area is 120 Å². The monoisotopic (exact) mass is 278 g/mol. The van der Waals surface area contributed by atoms with Gasteiger partial charge in [-0.3, -0.25) is 4.79 Å². The van der Waals surface area contributed by atoms with E-state index in [2.05, 4.69) is 0 Å². The normalized spacial score (nSPS) is 16.8. The Bertz CT molecular complexity index is 484. The number of thioether (sulfide) groups is 1. The summed E-state index contributed by atoms with van der Waals surface area (Å²) in [6.45, 7) is 9.44. The van der Waals surface area contributed by atoms with Crippen LogP contribution in [0, 0.1) is 0 Å². The predicted molar refractivity (Wildman–Crippen MR) is 82.3 cm³/mol. The molecule has 0 N–H and O–H groups in total. The number of hydrogen-bond donors (Lipinski definition) is 0. The molecule has 19 heavy (non-hydrogen) atoms. The third kappa shape index (κ3) is 3.21. The molecule has 0 saturated heterocycles. The first kappa shape index (κ1) is 15.8. The molecule has 0 spiro atoms. The van der Waals surface area contributed by atoms with E-state index in [9.17, 15) is 4.79 Å². The molecular formula is C16H22O2S. The lowest BCUT2D eigenvalue weighted by Gasteiger charge is -2.18. The lowest BCUT2D eigenvalue weighted by molar-refractivity contribution is -0.126. The van der Waals surface area contributed by atoms with E-state index in [-0.39, 0.29) is 5.78 Å². The summed E-state index contributed by atoms with van der Waals surface area (Å²) in [6, 6.07) is 8.08. The van der Waals surface area contributed by atoms with E-state index in [1.807, 2.05) is 65.1 Å². The molecule has 0 aromatic heterocycles. The molecule has 1 heterocycles. The van der Waals surface area contributed by atoms with Crippen LogP contribution in [-0.2, 0) is 9.53 Å². The van der Waals surface area contributed by atoms with E-state index in [4.69, 9.17) is 4.74 Å². The van der Waals surface area contributed by atoms with Crippen molar-refractivity contribution in [1.29, 1.82) is 0 Å². The molecule has 1 aromatic rings. The van der Waals surface area contributed by atoms with Crippen LogP contribution in [-0.4, -0.2) is 17.6 Å². The molecule has 0 fully saturated rings. The number of Topliss-reactive ketones (excluding diaryl/α,β-unsaturated/α-hetero) is 1. The van der Waals surface area contributed by atoms with Gasteiger partial charge in [-0.1, -0.05) is 26.0 Å². The minimum atomic E-state index is -0.725. The number of ether oxygens (including phenoxy) is 1. The summed E-state index contributed by atoms with van der Waals surface area (Å²) in [5.41, 5.74) is 0.962. The molecule has 3 heteroatoms. The largest absolute Gasteiger partial charge is 0.479 e. The van der Waals surface area contributed by atoms with Gasteiger partial charge in [0.2, 0.25) is 5.78 Å². The number of rotatable bonds is 2. The van der Waals surface area contributed by atoms with E-state index in [0.717, 1.165) is 5.56 Å². The second-order valence-corrected chi connectivity index (χ2v) is 5.50. The molecule has 0 radical (unpaired) electrons. The van der Waals surface area contributed by atoms with Gasteiger partial charge in [-0.05, 0) is 39.2 Å². The van der Waals surface area contributed by atoms with Crippen molar-refractivity contribution in [3.8, 4) is 0 Å². The van der Waals surface area contributed by atoms with E-state index < -0.39 is 5.60 Å². The standard InChI is InChI=1S/C14H16O2S.C2H6/c1-9-12(16-14(2,3)13(9)15)10-5-7-11(17-4)8-6-10;1-2/h5-8H,1-4H3;1-2H3. The first-order valence-electron chi connectivity index (χ1n) is 6.55. The molecular weight excluding hydrogens is 256 g/mol. The van der Waals surface area contributed by atoms with Crippen molar-refractivity contribution < 1.29 is 9.53 Å². The average molecular weight is 278 g/mol. The number of benzene rings is 1. The van der Waals surface area contributed by atoms with Gasteiger partial charge in [0, 0.05) is 16.0 Å². The highest BCUT2D eigenvalue weighted by Gasteiger charge is 2.39. The van der Waals surface area contributed by atoms with Crippen LogP contribution in [0.2, 0.25) is 0 Å². The minimum absolute atomic E-state index is 0.0708. The molecule has 1 aliphatic heterocycles. The number of carbonyl (C=O) groups is 1. The summed E-state index contributed by atoms with van der Waals surface area (Å²) in [5, 5.41) is 0. The van der Waals surface area contributed by atoms with Crippen molar-refractivity contribution in [1.82, 2.24) is 0 Å². The Morgan fingerprint density at radius 1 is 1.11 bits per heavy atom. The third-order valence-corrected chi connectivity index (χ3v) is 3.68. The molecule has 0 amide bonds. The smallest absolute Gasteiger partial charge is 0.205 e. The van der Waals surface area contributed by atoms with Crippen LogP contribution in [0.15, 0.2) is 34.7 Å². The van der Waals surface area contributed by atoms with E-state index in [1.54, 1.807) is 11.8 Å². The van der Waals surface area contributed by atoms with Crippen molar-refractivity contribution in [2.45, 2.75) is 45.1 Å². The van der Waals surface area contributed by atoms with Crippen LogP contribution in [0.3, 0.4) is 0 Å². The van der Waals surface area contributed by atoms with Gasteiger partial charge in [-0.25, -0.2) is 0 Å². The maximum atomic E-state index is 11.9. The highest BCUT2D eigenvalue weighted by molar-refractivity contribution is 7.98. The van der Waals surface area contributed by atoms with Crippen LogP contribution >= 0.6 is 11.8 Å². The molecule has 1 aromatic carbocycles. The van der Waals surface area contributed by atoms with Gasteiger partial charge in [0.25, 0.3) is 0 Å². The second kappa shape index (κ2) is 6.29. The molecule has 104 valence electrons. The maximum absolute atomic E-state index is 11.9. The van der Waals surface area contributed by atoms with Gasteiger partial charge in [0.15, 0.2) is 5.60 Å². The van der Waals surface area contributed by atoms with Crippen LogP contribution < -0.4 is 0 Å². The SMILES string of the molecule is CC.CSc1ccc(C2=C(C)C(=O)C(C)(C)O2)cc1. The fraction of sp³-hybridized carbons (Fsp3) is 0.438. The molecule has 0 atom stereocenters. The summed E-state index contributed by atoms with van der Waals surface area (Å²) < 4.78 is 5.76. The summed E-state index contributed by atoms with van der Waals surface area (Å²) in [7, 11) is 0. The third-order valence-electron chi connectivity index (χ3n) is 2.94. The van der Waals surface area contributed by atoms with E-state index >= 15 is 0 Å². The van der Waals surface area contributed by atoms with Gasteiger partial charge in [0.1, 0.15) is 5.76 Å². The van der Waals surface area contributed by atoms with Crippen molar-refractivity contribution >= 4 is 23.3 Å². The van der Waals surface area contributed by atoms with E-state index in [1.165, 1.54) is 4.90 Å². The van der Waals surface area contributed by atoms with Crippen LogP contribution in [0.1, 0.15) is 40.2 Å². The zero-order valence-electron chi connectivity index (χ0n) is 12.5. The zero-order valence-corrected chi connectivity index (χ0v) is 13.4. The van der Waals surface area contributed by atoms with Crippen LogP contribution in [0.25, 0.3) is 5.76 Å². The fourth-order valence-corrected chi connectivity index (χ4v) is 2.36. The first-order chi connectivity index (χ1) is 8.95. The Kier molecular flexibility index (Phi) is 5.24. The Morgan fingerprint density at radius 2 is 1.63 bits per heavy atom. The number of ketones is 1. The molecule has 0 saturated carbocycles. The topological polar surface area (TPSA) is 26.3 Å². The lowest BCUT2D eigenvalue weighted by Crippen LogP contribution is -2.28. The molecule has 2 rings (SSSR count). The summed E-state index contributed by atoms with van der Waals surface area (Å²) in [6.07, 6.45) is 2.04. The predicted octanol–water partition coefficient (Wildman–Crippen LogP) is 4.54. The van der Waals surface area contributed by atoms with Crippen molar-refractivity contribution in [2.75, 3.05) is 6.26 Å². The molecule has 0 unspecified atom stereocenters. The highest BCUT2D eigenvalue weighted by atomic mass is 32.2. The Morgan fingerprint density at radius 3 is 2.00 bits per heavy atom. The van der Waals surface area contributed by atoms with Crippen molar-refractivity contribution in [3.63, 3.8) is 0 Å². The van der Waals surface area contributed by atoms with Crippen LogP contribution in [0.4, 0.5) is 0 Å². The molecule has 1 aliphatic rings. The lowest BCUT2D eigenvalue weighted by atomic mass is 9.99. The molecule has 0 bridgehead atoms. The highest BCUT2D eigenvalue weighted by Crippen LogP contribution is 2.36. The Hall–Kier alpha value is -1.22. The van der Waals surface area contributed by atoms with Gasteiger partial charge in [0.05, 0.1) is 0 Å². The fourth-order valence-electron chi connectivity index (χ4n) is 1.95. The van der Waals surface area contributed by atoms with Gasteiger partial charge in [-0.15, -0.1) is 11.8 Å². The summed E-state index contributed by atoms with van der Waals surface area (Å²) in [4.78, 5) is 13.2. The number of hydrogen-bond acceptors (Lipinski definition) is 3. The van der Waals surface area contributed by atoms with Gasteiger partial charge < -0.3 is 4.74 Å². The van der Waals surface area contributed by atoms with E-state index in [0.29, 0.717) is 11.3 Å². The Balaban J connectivity index is 0.000000861. The summed E-state index contributed by atoms with van der Waals surface area (Å²) >= 11 is 1.70.